The molecule has 0 aliphatic rings. The zero-order valence-corrected chi connectivity index (χ0v) is 19.1. The van der Waals surface area contributed by atoms with Gasteiger partial charge >= 0.3 is 5.97 Å². The molecule has 0 radical (unpaired) electrons. The molecule has 0 aromatic heterocycles. The van der Waals surface area contributed by atoms with E-state index in [0.717, 1.165) is 16.3 Å². The number of carbonyl (C=O) groups is 2. The van der Waals surface area contributed by atoms with Gasteiger partial charge in [0.2, 0.25) is 0 Å². The van der Waals surface area contributed by atoms with Crippen molar-refractivity contribution in [2.45, 2.75) is 6.92 Å². The van der Waals surface area contributed by atoms with Crippen molar-refractivity contribution in [2.24, 2.45) is 5.10 Å². The van der Waals surface area contributed by atoms with Gasteiger partial charge < -0.3 is 9.47 Å². The van der Waals surface area contributed by atoms with Gasteiger partial charge in [-0.3, -0.25) is 4.79 Å². The Balaban J connectivity index is 1.50. The van der Waals surface area contributed by atoms with Crippen LogP contribution in [0.4, 0.5) is 0 Å². The maximum atomic E-state index is 12.6. The fourth-order valence-corrected chi connectivity index (χ4v) is 3.35. The van der Waals surface area contributed by atoms with Crippen molar-refractivity contribution in [3.63, 3.8) is 0 Å². The van der Waals surface area contributed by atoms with Crippen LogP contribution in [-0.4, -0.2) is 24.7 Å². The van der Waals surface area contributed by atoms with E-state index < -0.39 is 11.9 Å². The van der Waals surface area contributed by atoms with E-state index in [1.165, 1.54) is 6.21 Å². The minimum absolute atomic E-state index is 0.186. The lowest BCUT2D eigenvalue weighted by Crippen LogP contribution is -2.24. The summed E-state index contributed by atoms with van der Waals surface area (Å²) in [5, 5.41) is 6.33. The number of amides is 1. The molecule has 0 spiro atoms. The fraction of sp³-hybridized carbons (Fsp3) is 0.0741. The van der Waals surface area contributed by atoms with Gasteiger partial charge in [-0.25, -0.2) is 10.2 Å². The third-order valence-electron chi connectivity index (χ3n) is 4.99. The van der Waals surface area contributed by atoms with Crippen LogP contribution in [-0.2, 0) is 4.79 Å². The van der Waals surface area contributed by atoms with Gasteiger partial charge in [-0.05, 0) is 60.2 Å². The Morgan fingerprint density at radius 2 is 1.68 bits per heavy atom. The number of hydrazone groups is 1. The summed E-state index contributed by atoms with van der Waals surface area (Å²) < 4.78 is 11.1. The van der Waals surface area contributed by atoms with E-state index in [9.17, 15) is 9.59 Å². The van der Waals surface area contributed by atoms with Crippen molar-refractivity contribution in [3.05, 3.63) is 107 Å². The van der Waals surface area contributed by atoms with Crippen molar-refractivity contribution < 1.29 is 19.1 Å². The molecule has 1 N–H and O–H groups in total. The number of rotatable bonds is 7. The molecule has 1 amide bonds. The number of fused-ring (bicyclic) bond motifs is 1. The maximum Gasteiger partial charge on any atom is 0.343 e. The van der Waals surface area contributed by atoms with E-state index in [2.05, 4.69) is 10.5 Å². The van der Waals surface area contributed by atoms with Gasteiger partial charge in [-0.1, -0.05) is 59.6 Å². The monoisotopic (exact) mass is 472 g/mol. The van der Waals surface area contributed by atoms with Crippen LogP contribution in [0.15, 0.2) is 90.0 Å². The summed E-state index contributed by atoms with van der Waals surface area (Å²) in [6, 6.07) is 25.0. The Labute approximate surface area is 201 Å². The predicted molar refractivity (Wildman–Crippen MR) is 133 cm³/mol. The first-order valence-electron chi connectivity index (χ1n) is 10.5. The number of halogens is 1. The molecule has 0 atom stereocenters. The summed E-state index contributed by atoms with van der Waals surface area (Å²) in [6.45, 7) is 1.79. The van der Waals surface area contributed by atoms with Gasteiger partial charge in [0.05, 0.1) is 11.8 Å². The molecule has 4 aromatic rings. The lowest BCUT2D eigenvalue weighted by molar-refractivity contribution is -0.123. The summed E-state index contributed by atoms with van der Waals surface area (Å²) in [5.41, 5.74) is 4.47. The number of nitrogens with zero attached hydrogens (tertiary/aromatic N) is 1. The molecule has 170 valence electrons. The van der Waals surface area contributed by atoms with Gasteiger partial charge in [-0.15, -0.1) is 0 Å². The Hall–Kier alpha value is -4.16. The summed E-state index contributed by atoms with van der Waals surface area (Å²) in [6.07, 6.45) is 1.45. The average Bonchev–Trinajstić information content (AvgIpc) is 2.85. The smallest absolute Gasteiger partial charge is 0.343 e. The minimum Gasteiger partial charge on any atom is -0.484 e. The Bertz CT molecular complexity index is 1350. The molecular formula is C27H21ClN2O4. The molecular weight excluding hydrogens is 452 g/mol. The minimum atomic E-state index is -0.530. The normalized spacial score (nSPS) is 10.9. The van der Waals surface area contributed by atoms with Crippen molar-refractivity contribution in [1.82, 2.24) is 5.43 Å². The number of carbonyl (C=O) groups excluding carboxylic acids is 2. The number of ether oxygens (including phenoxy) is 2. The number of benzene rings is 4. The lowest BCUT2D eigenvalue weighted by atomic mass is 10.0. The lowest BCUT2D eigenvalue weighted by Gasteiger charge is -2.11. The van der Waals surface area contributed by atoms with E-state index in [1.807, 2.05) is 49.4 Å². The van der Waals surface area contributed by atoms with Crippen LogP contribution < -0.4 is 14.9 Å². The summed E-state index contributed by atoms with van der Waals surface area (Å²) >= 11 is 5.90. The van der Waals surface area contributed by atoms with Crippen LogP contribution in [0.5, 0.6) is 11.5 Å². The van der Waals surface area contributed by atoms with Crippen LogP contribution >= 0.6 is 11.6 Å². The van der Waals surface area contributed by atoms with E-state index in [1.54, 1.807) is 42.5 Å². The van der Waals surface area contributed by atoms with E-state index in [0.29, 0.717) is 27.6 Å². The quantitative estimate of drug-likeness (QED) is 0.165. The first-order chi connectivity index (χ1) is 16.5. The average molecular weight is 473 g/mol. The Kier molecular flexibility index (Phi) is 7.20. The summed E-state index contributed by atoms with van der Waals surface area (Å²) in [4.78, 5) is 24.8. The highest BCUT2D eigenvalue weighted by molar-refractivity contribution is 6.30. The molecule has 0 saturated heterocycles. The molecule has 0 fully saturated rings. The van der Waals surface area contributed by atoms with Gasteiger partial charge in [0.15, 0.2) is 6.61 Å². The highest BCUT2D eigenvalue weighted by atomic mass is 35.5. The molecule has 0 heterocycles. The standard InChI is InChI=1S/C27H21ClN2O4/c1-18-6-13-22(14-7-18)33-17-26(31)30-29-16-24-23-5-3-2-4-19(23)10-15-25(24)34-27(32)20-8-11-21(28)12-9-20/h2-16H,17H2,1H3,(H,30,31)/b29-16-. The first-order valence-corrected chi connectivity index (χ1v) is 10.9. The highest BCUT2D eigenvalue weighted by Crippen LogP contribution is 2.27. The molecule has 7 heteroatoms. The van der Waals surface area contributed by atoms with Crippen molar-refractivity contribution >= 4 is 40.5 Å². The molecule has 0 saturated carbocycles. The van der Waals surface area contributed by atoms with Crippen LogP contribution in [0.2, 0.25) is 5.02 Å². The van der Waals surface area contributed by atoms with Crippen molar-refractivity contribution in [2.75, 3.05) is 6.61 Å². The SMILES string of the molecule is Cc1ccc(OCC(=O)N/N=C\c2c(OC(=O)c3ccc(Cl)cc3)ccc3ccccc23)cc1. The van der Waals surface area contributed by atoms with Gasteiger partial charge in [0, 0.05) is 10.6 Å². The molecule has 4 rings (SSSR count). The predicted octanol–water partition coefficient (Wildman–Crippen LogP) is 5.55. The largest absolute Gasteiger partial charge is 0.484 e. The van der Waals surface area contributed by atoms with E-state index in [4.69, 9.17) is 21.1 Å². The van der Waals surface area contributed by atoms with Crippen molar-refractivity contribution in [3.8, 4) is 11.5 Å². The van der Waals surface area contributed by atoms with Crippen LogP contribution in [0.25, 0.3) is 10.8 Å². The van der Waals surface area contributed by atoms with Crippen LogP contribution in [0.3, 0.4) is 0 Å². The van der Waals surface area contributed by atoms with Gasteiger partial charge in [0.1, 0.15) is 11.5 Å². The first kappa shape index (κ1) is 23.0. The van der Waals surface area contributed by atoms with Gasteiger partial charge in [-0.2, -0.15) is 5.10 Å². The molecule has 0 aliphatic heterocycles. The topological polar surface area (TPSA) is 77.0 Å². The third kappa shape index (κ3) is 5.79. The molecule has 4 aromatic carbocycles. The Morgan fingerprint density at radius 3 is 2.44 bits per heavy atom. The second-order valence-electron chi connectivity index (χ2n) is 7.49. The zero-order chi connectivity index (χ0) is 23.9. The number of hydrogen-bond donors (Lipinski definition) is 1. The zero-order valence-electron chi connectivity index (χ0n) is 18.3. The second-order valence-corrected chi connectivity index (χ2v) is 7.93. The number of esters is 1. The van der Waals surface area contributed by atoms with Gasteiger partial charge in [0.25, 0.3) is 5.91 Å². The van der Waals surface area contributed by atoms with E-state index >= 15 is 0 Å². The van der Waals surface area contributed by atoms with Crippen LogP contribution in [0, 0.1) is 6.92 Å². The molecule has 0 unspecified atom stereocenters. The molecule has 0 bridgehead atoms. The summed E-state index contributed by atoms with van der Waals surface area (Å²) in [7, 11) is 0. The Morgan fingerprint density at radius 1 is 0.941 bits per heavy atom. The third-order valence-corrected chi connectivity index (χ3v) is 5.24. The number of aryl methyl sites for hydroxylation is 1. The fourth-order valence-electron chi connectivity index (χ4n) is 3.23. The van der Waals surface area contributed by atoms with Crippen molar-refractivity contribution in [1.29, 1.82) is 0 Å². The van der Waals surface area contributed by atoms with Crippen LogP contribution in [0.1, 0.15) is 21.5 Å². The number of nitrogens with one attached hydrogen (secondary N) is 1. The highest BCUT2D eigenvalue weighted by Gasteiger charge is 2.14. The van der Waals surface area contributed by atoms with E-state index in [-0.39, 0.29) is 6.61 Å². The molecule has 34 heavy (non-hydrogen) atoms. The molecule has 6 nitrogen and oxygen atoms in total. The number of hydrogen-bond acceptors (Lipinski definition) is 5. The molecule has 0 aliphatic carbocycles. The maximum absolute atomic E-state index is 12.6. The summed E-state index contributed by atoms with van der Waals surface area (Å²) in [5.74, 6) is -0.0448. The second kappa shape index (κ2) is 10.6.